The fourth-order valence-electron chi connectivity index (χ4n) is 0.749. The highest BCUT2D eigenvalue weighted by Crippen LogP contribution is 2.07. The van der Waals surface area contributed by atoms with Crippen molar-refractivity contribution in [1.29, 1.82) is 0 Å². The van der Waals surface area contributed by atoms with Crippen molar-refractivity contribution in [2.75, 3.05) is 0 Å². The number of rotatable bonds is 0. The Kier molecular flexibility index (Phi) is 3.41. The highest BCUT2D eigenvalue weighted by atomic mass is 19.2. The van der Waals surface area contributed by atoms with Crippen LogP contribution >= 0.6 is 0 Å². The lowest BCUT2D eigenvalue weighted by Crippen LogP contribution is -1.73. The van der Waals surface area contributed by atoms with Gasteiger partial charge in [0.1, 0.15) is 0 Å². The zero-order valence-electron chi connectivity index (χ0n) is 7.09. The second kappa shape index (κ2) is 4.79. The van der Waals surface area contributed by atoms with Crippen LogP contribution in [0.2, 0.25) is 0 Å². The lowest BCUT2D eigenvalue weighted by molar-refractivity contribution is 0.577. The van der Waals surface area contributed by atoms with Crippen molar-refractivity contribution in [3.63, 3.8) is 0 Å². The van der Waals surface area contributed by atoms with Gasteiger partial charge in [0.15, 0.2) is 0 Å². The summed E-state index contributed by atoms with van der Waals surface area (Å²) in [5.41, 5.74) is 0.570. The van der Waals surface area contributed by atoms with E-state index in [2.05, 4.69) is 10.8 Å². The molecule has 0 saturated heterocycles. The fourth-order valence-corrected chi connectivity index (χ4v) is 0.749. The number of hydrogen-bond donors (Lipinski definition) is 0. The van der Waals surface area contributed by atoms with Gasteiger partial charge in [-0.2, -0.15) is 0 Å². The summed E-state index contributed by atoms with van der Waals surface area (Å²) >= 11 is 0. The van der Waals surface area contributed by atoms with Gasteiger partial charge >= 0.3 is 5.95 Å². The topological polar surface area (TPSA) is 4.36 Å². The molecule has 0 saturated carbocycles. The normalized spacial score (nSPS) is 10.6. The predicted molar refractivity (Wildman–Crippen MR) is 49.2 cm³/mol. The van der Waals surface area contributed by atoms with E-state index in [0.29, 0.717) is 5.56 Å². The van der Waals surface area contributed by atoms with Crippen LogP contribution in [-0.4, -0.2) is 0 Å². The van der Waals surface area contributed by atoms with Crippen LogP contribution in [0.1, 0.15) is 5.56 Å². The van der Waals surface area contributed by atoms with Gasteiger partial charge in [0.05, 0.1) is 6.57 Å². The van der Waals surface area contributed by atoms with Crippen LogP contribution in [0.3, 0.4) is 0 Å². The van der Waals surface area contributed by atoms with E-state index < -0.39 is 11.8 Å². The SMILES string of the molecule is [C-]#[N+]/C(F)=C(/F)C#Cc1ccccc1. The molecule has 0 spiro atoms. The second-order valence-electron chi connectivity index (χ2n) is 2.33. The van der Waals surface area contributed by atoms with Crippen molar-refractivity contribution in [1.82, 2.24) is 0 Å². The molecular formula is C11H5F2N. The van der Waals surface area contributed by atoms with Gasteiger partial charge in [0.2, 0.25) is 5.83 Å². The van der Waals surface area contributed by atoms with E-state index in [1.54, 1.807) is 30.3 Å². The molecule has 3 heteroatoms. The first-order valence-corrected chi connectivity index (χ1v) is 3.74. The van der Waals surface area contributed by atoms with Crippen LogP contribution in [0, 0.1) is 18.4 Å². The molecule has 1 nitrogen and oxygen atoms in total. The van der Waals surface area contributed by atoms with Crippen molar-refractivity contribution < 1.29 is 8.78 Å². The van der Waals surface area contributed by atoms with Gasteiger partial charge in [-0.3, -0.25) is 0 Å². The van der Waals surface area contributed by atoms with E-state index in [4.69, 9.17) is 6.57 Å². The molecule has 0 aliphatic carbocycles. The first kappa shape index (κ1) is 9.95. The Morgan fingerprint density at radius 3 is 2.43 bits per heavy atom. The first-order valence-electron chi connectivity index (χ1n) is 3.74. The minimum atomic E-state index is -1.51. The van der Waals surface area contributed by atoms with Gasteiger partial charge < -0.3 is 0 Å². The van der Waals surface area contributed by atoms with E-state index in [1.165, 1.54) is 0 Å². The summed E-state index contributed by atoms with van der Waals surface area (Å²) in [5, 5.41) is 0. The van der Waals surface area contributed by atoms with Crippen molar-refractivity contribution >= 4 is 0 Å². The summed E-state index contributed by atoms with van der Waals surface area (Å²) in [6.45, 7) is 6.21. The van der Waals surface area contributed by atoms with Crippen molar-refractivity contribution in [3.8, 4) is 11.8 Å². The molecular weight excluding hydrogens is 184 g/mol. The Balaban J connectivity index is 2.91. The minimum absolute atomic E-state index is 0.570. The molecule has 68 valence electrons. The Bertz CT molecular complexity index is 444. The molecule has 0 fully saturated rings. The smallest absolute Gasteiger partial charge is 0.233 e. The number of halogens is 2. The Morgan fingerprint density at radius 2 is 1.86 bits per heavy atom. The molecule has 1 aromatic rings. The quantitative estimate of drug-likeness (QED) is 0.335. The Hall–Kier alpha value is -2.13. The molecule has 1 rings (SSSR count). The van der Waals surface area contributed by atoms with Crippen molar-refractivity contribution in [3.05, 3.63) is 59.1 Å². The minimum Gasteiger partial charge on any atom is -0.233 e. The van der Waals surface area contributed by atoms with Crippen molar-refractivity contribution in [2.45, 2.75) is 0 Å². The third kappa shape index (κ3) is 2.73. The molecule has 0 radical (unpaired) electrons. The number of hydrogen-bond acceptors (Lipinski definition) is 0. The highest BCUT2D eigenvalue weighted by Gasteiger charge is 1.99. The third-order valence-electron chi connectivity index (χ3n) is 1.37. The van der Waals surface area contributed by atoms with E-state index in [9.17, 15) is 8.78 Å². The van der Waals surface area contributed by atoms with Gasteiger partial charge in [-0.25, -0.2) is 13.6 Å². The highest BCUT2D eigenvalue weighted by molar-refractivity contribution is 5.39. The summed E-state index contributed by atoms with van der Waals surface area (Å²) in [5.74, 6) is 1.48. The molecule has 14 heavy (non-hydrogen) atoms. The van der Waals surface area contributed by atoms with E-state index in [0.717, 1.165) is 0 Å². The maximum atomic E-state index is 12.6. The number of nitrogens with zero attached hydrogens (tertiary/aromatic N) is 1. The van der Waals surface area contributed by atoms with Crippen LogP contribution in [0.15, 0.2) is 42.1 Å². The largest absolute Gasteiger partial charge is 0.375 e. The Morgan fingerprint density at radius 1 is 1.21 bits per heavy atom. The first-order chi connectivity index (χ1) is 6.74. The Labute approximate surface area is 80.5 Å². The number of benzene rings is 1. The fraction of sp³-hybridized carbons (Fsp3) is 0. The van der Waals surface area contributed by atoms with Crippen LogP contribution < -0.4 is 0 Å². The standard InChI is InChI=1S/C11H5F2N/c1-14-11(13)10(12)8-7-9-5-3-2-4-6-9/h2-6H/b11-10+. The van der Waals surface area contributed by atoms with Gasteiger partial charge in [-0.05, 0) is 18.1 Å². The zero-order chi connectivity index (χ0) is 10.4. The monoisotopic (exact) mass is 189 g/mol. The maximum absolute atomic E-state index is 12.6. The lowest BCUT2D eigenvalue weighted by atomic mass is 10.2. The van der Waals surface area contributed by atoms with Crippen LogP contribution in [0.5, 0.6) is 0 Å². The summed E-state index contributed by atoms with van der Waals surface area (Å²) in [4.78, 5) is 2.29. The van der Waals surface area contributed by atoms with Gasteiger partial charge in [-0.15, -0.1) is 0 Å². The lowest BCUT2D eigenvalue weighted by Gasteiger charge is -1.85. The summed E-state index contributed by atoms with van der Waals surface area (Å²) in [6, 6.07) is 8.58. The van der Waals surface area contributed by atoms with Gasteiger partial charge in [0, 0.05) is 5.56 Å². The van der Waals surface area contributed by atoms with Crippen LogP contribution in [0.25, 0.3) is 4.85 Å². The molecule has 0 amide bonds. The molecule has 0 unspecified atom stereocenters. The molecule has 0 aromatic heterocycles. The molecule has 0 atom stereocenters. The molecule has 0 N–H and O–H groups in total. The van der Waals surface area contributed by atoms with E-state index in [-0.39, 0.29) is 0 Å². The average molecular weight is 189 g/mol. The predicted octanol–water partition coefficient (Wildman–Crippen LogP) is 3.07. The summed E-state index contributed by atoms with van der Waals surface area (Å²) in [7, 11) is 0. The van der Waals surface area contributed by atoms with Crippen LogP contribution in [0.4, 0.5) is 8.78 Å². The summed E-state index contributed by atoms with van der Waals surface area (Å²) < 4.78 is 24.9. The molecule has 1 aromatic carbocycles. The second-order valence-corrected chi connectivity index (χ2v) is 2.33. The average Bonchev–Trinajstić information content (AvgIpc) is 2.26. The summed E-state index contributed by atoms with van der Waals surface area (Å²) in [6.07, 6.45) is 0. The molecule has 0 bridgehead atoms. The molecule has 0 heterocycles. The number of allylic oxidation sites excluding steroid dienone is 1. The van der Waals surface area contributed by atoms with Gasteiger partial charge in [-0.1, -0.05) is 24.1 Å². The molecule has 0 aliphatic rings. The van der Waals surface area contributed by atoms with Crippen molar-refractivity contribution in [2.24, 2.45) is 0 Å². The molecule has 0 aliphatic heterocycles. The van der Waals surface area contributed by atoms with Gasteiger partial charge in [0.25, 0.3) is 0 Å². The maximum Gasteiger partial charge on any atom is 0.375 e. The van der Waals surface area contributed by atoms with E-state index in [1.807, 2.05) is 5.92 Å². The zero-order valence-corrected chi connectivity index (χ0v) is 7.09. The van der Waals surface area contributed by atoms with E-state index >= 15 is 0 Å². The van der Waals surface area contributed by atoms with Crippen LogP contribution in [-0.2, 0) is 0 Å². The third-order valence-corrected chi connectivity index (χ3v) is 1.37.